The van der Waals surface area contributed by atoms with Gasteiger partial charge in [-0.15, -0.1) is 0 Å². The molecule has 0 atom stereocenters. The summed E-state index contributed by atoms with van der Waals surface area (Å²) in [6.45, 7) is 4.68. The molecule has 3 aromatic carbocycles. The van der Waals surface area contributed by atoms with Crippen molar-refractivity contribution in [1.82, 2.24) is 4.57 Å². The van der Waals surface area contributed by atoms with Gasteiger partial charge in [-0.1, -0.05) is 30.3 Å². The van der Waals surface area contributed by atoms with Crippen LogP contribution in [0.25, 0.3) is 10.9 Å². The Morgan fingerprint density at radius 3 is 2.47 bits per heavy atom. The highest BCUT2D eigenvalue weighted by Gasteiger charge is 2.35. The van der Waals surface area contributed by atoms with Crippen LogP contribution in [0.2, 0.25) is 0 Å². The van der Waals surface area contributed by atoms with E-state index in [1.54, 1.807) is 20.3 Å². The summed E-state index contributed by atoms with van der Waals surface area (Å²) in [4.78, 5) is 0. The van der Waals surface area contributed by atoms with Crippen LogP contribution in [0.1, 0.15) is 41.6 Å². The molecule has 2 heterocycles. The van der Waals surface area contributed by atoms with E-state index >= 15 is 0 Å². The van der Waals surface area contributed by atoms with E-state index in [4.69, 9.17) is 18.9 Å². The second-order valence-corrected chi connectivity index (χ2v) is 9.96. The van der Waals surface area contributed by atoms with Gasteiger partial charge < -0.3 is 23.5 Å². The van der Waals surface area contributed by atoms with Gasteiger partial charge in [-0.05, 0) is 66.8 Å². The van der Waals surface area contributed by atoms with Gasteiger partial charge in [-0.2, -0.15) is 0 Å². The zero-order valence-corrected chi connectivity index (χ0v) is 22.5. The lowest BCUT2D eigenvalue weighted by Gasteiger charge is -2.36. The number of methoxy groups -OCH3 is 2. The normalized spacial score (nSPS) is 15.1. The maximum Gasteiger partial charge on any atom is 0.127 e. The van der Waals surface area contributed by atoms with Crippen molar-refractivity contribution in [3.05, 3.63) is 94.9 Å². The first-order valence-electron chi connectivity index (χ1n) is 13.3. The van der Waals surface area contributed by atoms with Crippen LogP contribution in [0.4, 0.5) is 4.39 Å². The molecule has 0 aliphatic carbocycles. The van der Waals surface area contributed by atoms with E-state index in [9.17, 15) is 4.39 Å². The van der Waals surface area contributed by atoms with Gasteiger partial charge >= 0.3 is 0 Å². The number of ether oxygens (including phenoxy) is 4. The van der Waals surface area contributed by atoms with Crippen molar-refractivity contribution in [2.75, 3.05) is 34.0 Å². The first-order valence-corrected chi connectivity index (χ1v) is 13.3. The van der Waals surface area contributed by atoms with Gasteiger partial charge in [0.15, 0.2) is 0 Å². The molecule has 0 radical (unpaired) electrons. The average molecular weight is 518 g/mol. The highest BCUT2D eigenvalue weighted by molar-refractivity contribution is 5.87. The van der Waals surface area contributed by atoms with Crippen LogP contribution in [0.3, 0.4) is 0 Å². The number of fused-ring (bicyclic) bond motifs is 1. The molecule has 1 aliphatic heterocycles. The maximum atomic E-state index is 14.6. The molecule has 0 saturated carbocycles. The summed E-state index contributed by atoms with van der Waals surface area (Å²) >= 11 is 0. The fourth-order valence-corrected chi connectivity index (χ4v) is 5.60. The molecule has 0 bridgehead atoms. The number of hydrogen-bond acceptors (Lipinski definition) is 4. The van der Waals surface area contributed by atoms with Crippen LogP contribution >= 0.6 is 0 Å². The molecule has 4 aromatic rings. The average Bonchev–Trinajstić information content (AvgIpc) is 3.21. The van der Waals surface area contributed by atoms with Crippen LogP contribution in [0.5, 0.6) is 11.5 Å². The lowest BCUT2D eigenvalue weighted by Crippen LogP contribution is -2.35. The van der Waals surface area contributed by atoms with E-state index in [2.05, 4.69) is 47.9 Å². The van der Waals surface area contributed by atoms with Crippen LogP contribution in [0.15, 0.2) is 66.7 Å². The minimum atomic E-state index is -0.533. The molecule has 0 spiro atoms. The number of aromatic nitrogens is 1. The summed E-state index contributed by atoms with van der Waals surface area (Å²) in [6, 6.07) is 21.7. The summed E-state index contributed by atoms with van der Waals surface area (Å²) in [7, 11) is 3.38. The van der Waals surface area contributed by atoms with Crippen molar-refractivity contribution >= 4 is 10.9 Å². The van der Waals surface area contributed by atoms with Gasteiger partial charge in [0.2, 0.25) is 0 Å². The van der Waals surface area contributed by atoms with Gasteiger partial charge in [-0.3, -0.25) is 0 Å². The summed E-state index contributed by atoms with van der Waals surface area (Å²) < 4.78 is 39.9. The SMILES string of the molecule is COc1ccc2c(c1)c(CCCOc1cc(F)cc(C3(OC)CCOCC3)c1)c(C)n2Cc1ccccc1. The Morgan fingerprint density at radius 2 is 1.74 bits per heavy atom. The van der Waals surface area contributed by atoms with Crippen LogP contribution in [-0.2, 0) is 28.0 Å². The molecule has 0 unspecified atom stereocenters. The topological polar surface area (TPSA) is 41.9 Å². The Morgan fingerprint density at radius 1 is 0.947 bits per heavy atom. The smallest absolute Gasteiger partial charge is 0.127 e. The molecule has 1 aliphatic rings. The molecule has 1 saturated heterocycles. The third-order valence-electron chi connectivity index (χ3n) is 7.77. The highest BCUT2D eigenvalue weighted by atomic mass is 19.1. The van der Waals surface area contributed by atoms with Crippen molar-refractivity contribution in [1.29, 1.82) is 0 Å². The molecule has 1 aromatic heterocycles. The third kappa shape index (κ3) is 5.42. The van der Waals surface area contributed by atoms with E-state index in [1.807, 2.05) is 18.2 Å². The van der Waals surface area contributed by atoms with Crippen LogP contribution in [0, 0.1) is 12.7 Å². The number of nitrogens with zero attached hydrogens (tertiary/aromatic N) is 1. The van der Waals surface area contributed by atoms with Crippen LogP contribution in [-0.4, -0.2) is 38.6 Å². The highest BCUT2D eigenvalue weighted by Crippen LogP contribution is 2.37. The van der Waals surface area contributed by atoms with E-state index in [0.717, 1.165) is 30.7 Å². The molecule has 6 heteroatoms. The van der Waals surface area contributed by atoms with Gasteiger partial charge in [-0.25, -0.2) is 4.39 Å². The molecule has 200 valence electrons. The van der Waals surface area contributed by atoms with E-state index in [-0.39, 0.29) is 5.82 Å². The fraction of sp³-hybridized carbons (Fsp3) is 0.375. The molecule has 0 amide bonds. The predicted molar refractivity (Wildman–Crippen MR) is 148 cm³/mol. The fourth-order valence-electron chi connectivity index (χ4n) is 5.60. The molecule has 5 rings (SSSR count). The number of aryl methyl sites for hydroxylation is 1. The van der Waals surface area contributed by atoms with E-state index in [0.29, 0.717) is 38.4 Å². The Balaban J connectivity index is 1.33. The summed E-state index contributed by atoms with van der Waals surface area (Å²) in [6.07, 6.45) is 3.04. The van der Waals surface area contributed by atoms with E-state index in [1.165, 1.54) is 33.8 Å². The number of halogens is 1. The second kappa shape index (κ2) is 11.6. The third-order valence-corrected chi connectivity index (χ3v) is 7.77. The predicted octanol–water partition coefficient (Wildman–Crippen LogP) is 6.81. The molecular formula is C32H36FNO4. The molecule has 1 fully saturated rings. The molecule has 38 heavy (non-hydrogen) atoms. The maximum absolute atomic E-state index is 14.6. The Labute approximate surface area is 224 Å². The van der Waals surface area contributed by atoms with Gasteiger partial charge in [0, 0.05) is 62.4 Å². The Bertz CT molecular complexity index is 1380. The minimum absolute atomic E-state index is 0.313. The summed E-state index contributed by atoms with van der Waals surface area (Å²) in [5.41, 5.74) is 5.27. The number of hydrogen-bond donors (Lipinski definition) is 0. The van der Waals surface area contributed by atoms with E-state index < -0.39 is 5.60 Å². The zero-order valence-electron chi connectivity index (χ0n) is 22.5. The van der Waals surface area contributed by atoms with Crippen LogP contribution < -0.4 is 9.47 Å². The van der Waals surface area contributed by atoms with Crippen molar-refractivity contribution in [3.8, 4) is 11.5 Å². The summed E-state index contributed by atoms with van der Waals surface area (Å²) in [5, 5.41) is 1.20. The lowest BCUT2D eigenvalue weighted by molar-refractivity contribution is -0.0950. The minimum Gasteiger partial charge on any atom is -0.497 e. The first kappa shape index (κ1) is 26.3. The van der Waals surface area contributed by atoms with Crippen molar-refractivity contribution in [2.24, 2.45) is 0 Å². The first-order chi connectivity index (χ1) is 18.5. The zero-order chi connectivity index (χ0) is 26.5. The van der Waals surface area contributed by atoms with Gasteiger partial charge in [0.1, 0.15) is 17.3 Å². The van der Waals surface area contributed by atoms with Crippen molar-refractivity contribution < 1.29 is 23.3 Å². The Kier molecular flexibility index (Phi) is 8.01. The number of rotatable bonds is 10. The monoisotopic (exact) mass is 517 g/mol. The Hall–Kier alpha value is -3.35. The quantitative estimate of drug-likeness (QED) is 0.217. The van der Waals surface area contributed by atoms with Gasteiger partial charge in [0.05, 0.1) is 19.3 Å². The lowest BCUT2D eigenvalue weighted by atomic mass is 9.86. The number of benzene rings is 3. The molecule has 0 N–H and O–H groups in total. The van der Waals surface area contributed by atoms with Crippen molar-refractivity contribution in [2.45, 2.75) is 44.8 Å². The standard InChI is InChI=1S/C32H36FNO4/c1-23-29(30-21-27(35-2)11-12-31(30)34(23)22-24-8-5-4-6-9-24)10-7-15-38-28-19-25(18-26(33)20-28)32(36-3)13-16-37-17-14-32/h4-6,8-9,11-12,18-21H,7,10,13-17,22H2,1-3H3. The molecule has 5 nitrogen and oxygen atoms in total. The van der Waals surface area contributed by atoms with Gasteiger partial charge in [0.25, 0.3) is 0 Å². The molecular weight excluding hydrogens is 481 g/mol. The van der Waals surface area contributed by atoms with Crippen molar-refractivity contribution in [3.63, 3.8) is 0 Å². The largest absolute Gasteiger partial charge is 0.497 e. The second-order valence-electron chi connectivity index (χ2n) is 9.96. The summed E-state index contributed by atoms with van der Waals surface area (Å²) in [5.74, 6) is 1.07.